The van der Waals surface area contributed by atoms with Crippen LogP contribution in [-0.2, 0) is 4.79 Å². The van der Waals surface area contributed by atoms with Crippen molar-refractivity contribution in [1.29, 1.82) is 0 Å². The van der Waals surface area contributed by atoms with E-state index < -0.39 is 0 Å². The highest BCUT2D eigenvalue weighted by atomic mass is 16.5. The predicted octanol–water partition coefficient (Wildman–Crippen LogP) is 1.89. The van der Waals surface area contributed by atoms with Crippen molar-refractivity contribution in [2.45, 2.75) is 13.8 Å². The van der Waals surface area contributed by atoms with Gasteiger partial charge in [-0.15, -0.1) is 0 Å². The summed E-state index contributed by atoms with van der Waals surface area (Å²) in [7, 11) is 1.66. The number of anilines is 2. The number of nitrogens with zero attached hydrogens (tertiary/aromatic N) is 2. The Morgan fingerprint density at radius 2 is 1.90 bits per heavy atom. The molecule has 1 aromatic rings. The number of nitrogens with two attached hydrogens (primary N) is 1. The van der Waals surface area contributed by atoms with Gasteiger partial charge in [0, 0.05) is 37.9 Å². The number of piperazine rings is 1. The highest BCUT2D eigenvalue weighted by Gasteiger charge is 2.22. The number of rotatable bonds is 3. The van der Waals surface area contributed by atoms with Gasteiger partial charge in [-0.3, -0.25) is 4.79 Å². The predicted molar refractivity (Wildman–Crippen MR) is 85.6 cm³/mol. The average molecular weight is 289 g/mol. The molecule has 5 heteroatoms. The van der Waals surface area contributed by atoms with E-state index in [0.717, 1.165) is 30.1 Å². The number of carbonyl (C=O) groups excluding carboxylic acids is 1. The number of amides is 1. The molecule has 1 heterocycles. The van der Waals surface area contributed by atoms with Gasteiger partial charge in [0.15, 0.2) is 0 Å². The van der Waals surface area contributed by atoms with E-state index in [9.17, 15) is 4.79 Å². The molecule has 0 saturated carbocycles. The first-order chi connectivity index (χ1) is 10.0. The Bertz CT molecular complexity index is 542. The first kappa shape index (κ1) is 15.2. The molecular weight excluding hydrogens is 266 g/mol. The van der Waals surface area contributed by atoms with E-state index in [1.165, 1.54) is 0 Å². The Balaban J connectivity index is 2.06. The van der Waals surface area contributed by atoms with E-state index in [4.69, 9.17) is 10.5 Å². The molecule has 1 amide bonds. The molecule has 1 aliphatic heterocycles. The molecule has 114 valence electrons. The molecule has 2 rings (SSSR count). The van der Waals surface area contributed by atoms with Crippen LogP contribution in [0.4, 0.5) is 11.4 Å². The summed E-state index contributed by atoms with van der Waals surface area (Å²) in [5.74, 6) is 0.905. The monoisotopic (exact) mass is 289 g/mol. The van der Waals surface area contributed by atoms with Gasteiger partial charge in [-0.1, -0.05) is 5.57 Å². The van der Waals surface area contributed by atoms with Crippen molar-refractivity contribution in [3.63, 3.8) is 0 Å². The van der Waals surface area contributed by atoms with Crippen LogP contribution in [0, 0.1) is 0 Å². The fourth-order valence-corrected chi connectivity index (χ4v) is 2.46. The maximum atomic E-state index is 12.0. The Kier molecular flexibility index (Phi) is 4.73. The van der Waals surface area contributed by atoms with Gasteiger partial charge in [0.25, 0.3) is 0 Å². The molecule has 1 saturated heterocycles. The number of allylic oxidation sites excluding steroid dienone is 1. The number of nitrogen functional groups attached to an aromatic ring is 1. The summed E-state index contributed by atoms with van der Waals surface area (Å²) in [5.41, 5.74) is 8.60. The molecule has 21 heavy (non-hydrogen) atoms. The molecule has 5 nitrogen and oxygen atoms in total. The van der Waals surface area contributed by atoms with Crippen LogP contribution in [0.5, 0.6) is 5.75 Å². The van der Waals surface area contributed by atoms with Crippen molar-refractivity contribution in [2.24, 2.45) is 0 Å². The summed E-state index contributed by atoms with van der Waals surface area (Å²) in [6.45, 7) is 6.85. The number of ether oxygens (including phenoxy) is 1. The maximum Gasteiger partial charge on any atom is 0.246 e. The number of carbonyl (C=O) groups is 1. The van der Waals surface area contributed by atoms with Crippen molar-refractivity contribution >= 4 is 17.3 Å². The zero-order valence-electron chi connectivity index (χ0n) is 12.9. The molecule has 0 bridgehead atoms. The SMILES string of the molecule is COc1ccc(N)cc1N1CCN(C(=O)C=C(C)C)CC1. The van der Waals surface area contributed by atoms with E-state index in [1.54, 1.807) is 13.2 Å². The fraction of sp³-hybridized carbons (Fsp3) is 0.438. The molecule has 2 N–H and O–H groups in total. The van der Waals surface area contributed by atoms with Gasteiger partial charge in [-0.05, 0) is 32.0 Å². The third-order valence-corrected chi connectivity index (χ3v) is 3.55. The molecule has 1 aliphatic rings. The van der Waals surface area contributed by atoms with Crippen LogP contribution in [0.15, 0.2) is 29.8 Å². The highest BCUT2D eigenvalue weighted by molar-refractivity contribution is 5.88. The number of hydrogen-bond acceptors (Lipinski definition) is 4. The van der Waals surface area contributed by atoms with Crippen LogP contribution in [0.1, 0.15) is 13.8 Å². The van der Waals surface area contributed by atoms with Gasteiger partial charge in [0.1, 0.15) is 5.75 Å². The normalized spacial score (nSPS) is 14.8. The molecule has 1 fully saturated rings. The average Bonchev–Trinajstić information content (AvgIpc) is 2.46. The Labute approximate surface area is 126 Å². The van der Waals surface area contributed by atoms with Gasteiger partial charge < -0.3 is 20.3 Å². The second kappa shape index (κ2) is 6.52. The lowest BCUT2D eigenvalue weighted by Crippen LogP contribution is -2.48. The zero-order valence-corrected chi connectivity index (χ0v) is 12.9. The lowest BCUT2D eigenvalue weighted by molar-refractivity contribution is -0.126. The quantitative estimate of drug-likeness (QED) is 0.682. The topological polar surface area (TPSA) is 58.8 Å². The lowest BCUT2D eigenvalue weighted by atomic mass is 10.2. The lowest BCUT2D eigenvalue weighted by Gasteiger charge is -2.36. The highest BCUT2D eigenvalue weighted by Crippen LogP contribution is 2.31. The van der Waals surface area contributed by atoms with Crippen molar-refractivity contribution in [1.82, 2.24) is 4.90 Å². The van der Waals surface area contributed by atoms with Crippen molar-refractivity contribution in [3.8, 4) is 5.75 Å². The molecule has 0 aromatic heterocycles. The van der Waals surface area contributed by atoms with Crippen molar-refractivity contribution < 1.29 is 9.53 Å². The minimum atomic E-state index is 0.0918. The molecule has 0 unspecified atom stereocenters. The van der Waals surface area contributed by atoms with Crippen LogP contribution in [0.3, 0.4) is 0 Å². The summed E-state index contributed by atoms with van der Waals surface area (Å²) in [6, 6.07) is 5.63. The second-order valence-electron chi connectivity index (χ2n) is 5.47. The van der Waals surface area contributed by atoms with Gasteiger partial charge in [0.2, 0.25) is 5.91 Å². The van der Waals surface area contributed by atoms with E-state index >= 15 is 0 Å². The van der Waals surface area contributed by atoms with E-state index in [1.807, 2.05) is 36.9 Å². The van der Waals surface area contributed by atoms with Crippen LogP contribution in [-0.4, -0.2) is 44.1 Å². The first-order valence-corrected chi connectivity index (χ1v) is 7.13. The third-order valence-electron chi connectivity index (χ3n) is 3.55. The van der Waals surface area contributed by atoms with Crippen molar-refractivity contribution in [3.05, 3.63) is 29.8 Å². The van der Waals surface area contributed by atoms with E-state index in [-0.39, 0.29) is 5.91 Å². The molecule has 0 spiro atoms. The smallest absolute Gasteiger partial charge is 0.246 e. The van der Waals surface area contributed by atoms with Crippen LogP contribution >= 0.6 is 0 Å². The third kappa shape index (κ3) is 3.68. The summed E-state index contributed by atoms with van der Waals surface area (Å²) in [6.07, 6.45) is 1.69. The molecule has 0 radical (unpaired) electrons. The van der Waals surface area contributed by atoms with Gasteiger partial charge >= 0.3 is 0 Å². The zero-order chi connectivity index (χ0) is 15.4. The Morgan fingerprint density at radius 3 is 2.48 bits per heavy atom. The number of benzene rings is 1. The molecule has 0 atom stereocenters. The molecule has 1 aromatic carbocycles. The van der Waals surface area contributed by atoms with Crippen LogP contribution in [0.25, 0.3) is 0 Å². The van der Waals surface area contributed by atoms with Gasteiger partial charge in [-0.2, -0.15) is 0 Å². The largest absolute Gasteiger partial charge is 0.495 e. The maximum absolute atomic E-state index is 12.0. The first-order valence-electron chi connectivity index (χ1n) is 7.13. The molecule has 0 aliphatic carbocycles. The minimum Gasteiger partial charge on any atom is -0.495 e. The Hall–Kier alpha value is -2.17. The van der Waals surface area contributed by atoms with Gasteiger partial charge in [-0.25, -0.2) is 0 Å². The fourth-order valence-electron chi connectivity index (χ4n) is 2.46. The summed E-state index contributed by atoms with van der Waals surface area (Å²) in [4.78, 5) is 16.1. The summed E-state index contributed by atoms with van der Waals surface area (Å²) in [5, 5.41) is 0. The Morgan fingerprint density at radius 1 is 1.24 bits per heavy atom. The van der Waals surface area contributed by atoms with Crippen molar-refractivity contribution in [2.75, 3.05) is 43.9 Å². The van der Waals surface area contributed by atoms with E-state index in [0.29, 0.717) is 18.8 Å². The number of hydrogen-bond donors (Lipinski definition) is 1. The minimum absolute atomic E-state index is 0.0918. The van der Waals surface area contributed by atoms with Crippen LogP contribution < -0.4 is 15.4 Å². The molecular formula is C16H23N3O2. The number of methoxy groups -OCH3 is 1. The van der Waals surface area contributed by atoms with Crippen LogP contribution in [0.2, 0.25) is 0 Å². The summed E-state index contributed by atoms with van der Waals surface area (Å²) < 4.78 is 5.39. The second-order valence-corrected chi connectivity index (χ2v) is 5.47. The summed E-state index contributed by atoms with van der Waals surface area (Å²) >= 11 is 0. The standard InChI is InChI=1S/C16H23N3O2/c1-12(2)10-16(20)19-8-6-18(7-9-19)14-11-13(17)4-5-15(14)21-3/h4-5,10-11H,6-9,17H2,1-3H3. The van der Waals surface area contributed by atoms with E-state index in [2.05, 4.69) is 4.90 Å². The van der Waals surface area contributed by atoms with Gasteiger partial charge in [0.05, 0.1) is 12.8 Å².